The molecule has 4 heteroatoms. The van der Waals surface area contributed by atoms with Crippen molar-refractivity contribution in [2.24, 2.45) is 0 Å². The van der Waals surface area contributed by atoms with Crippen LogP contribution in [0, 0.1) is 0 Å². The molecule has 1 aromatic carbocycles. The van der Waals surface area contributed by atoms with Gasteiger partial charge in [-0.15, -0.1) is 0 Å². The van der Waals surface area contributed by atoms with Crippen LogP contribution >= 0.6 is 0 Å². The fourth-order valence-electron chi connectivity index (χ4n) is 1.91. The van der Waals surface area contributed by atoms with Crippen molar-refractivity contribution in [2.75, 3.05) is 18.1 Å². The van der Waals surface area contributed by atoms with Crippen LogP contribution in [0.1, 0.15) is 19.4 Å². The largest absolute Gasteiger partial charge is 0.494 e. The molecular weight excluding hydrogens is 250 g/mol. The molecule has 0 amide bonds. The lowest BCUT2D eigenvalue weighted by Crippen LogP contribution is -2.18. The van der Waals surface area contributed by atoms with E-state index < -0.39 is 0 Å². The Bertz CT molecular complexity index is 552. The maximum Gasteiger partial charge on any atom is 0.229 e. The van der Waals surface area contributed by atoms with Crippen molar-refractivity contribution in [2.45, 2.75) is 13.8 Å². The van der Waals surface area contributed by atoms with Gasteiger partial charge in [0.15, 0.2) is 0 Å². The van der Waals surface area contributed by atoms with Gasteiger partial charge in [-0.3, -0.25) is 0 Å². The average Bonchev–Trinajstić information content (AvgIpc) is 2.50. The second kappa shape index (κ2) is 6.70. The van der Waals surface area contributed by atoms with Crippen LogP contribution in [0.3, 0.4) is 0 Å². The summed E-state index contributed by atoms with van der Waals surface area (Å²) < 4.78 is 5.35. The quantitative estimate of drug-likeness (QED) is 0.750. The highest BCUT2D eigenvalue weighted by molar-refractivity contribution is 5.59. The fourth-order valence-corrected chi connectivity index (χ4v) is 1.91. The monoisotopic (exact) mass is 269 g/mol. The van der Waals surface area contributed by atoms with Crippen LogP contribution in [0.25, 0.3) is 5.76 Å². The molecule has 1 heterocycles. The first kappa shape index (κ1) is 14.1. The normalized spacial score (nSPS) is 10.1. The Morgan fingerprint density at radius 2 is 1.80 bits per heavy atom. The minimum atomic E-state index is 0.589. The minimum Gasteiger partial charge on any atom is -0.494 e. The zero-order valence-corrected chi connectivity index (χ0v) is 11.9. The standard InChI is InChI=1S/C16H19N3O/c1-4-19(15-9-7-6-8-10-15)16-17-11-14(12-18-16)13(3)20-5-2/h6-12H,3-5H2,1-2H3. The molecule has 0 radical (unpaired) electrons. The van der Waals surface area contributed by atoms with E-state index in [1.807, 2.05) is 42.2 Å². The summed E-state index contributed by atoms with van der Waals surface area (Å²) in [5.74, 6) is 1.27. The first-order valence-corrected chi connectivity index (χ1v) is 6.73. The van der Waals surface area contributed by atoms with Crippen LogP contribution in [0.4, 0.5) is 11.6 Å². The number of anilines is 2. The number of hydrogen-bond donors (Lipinski definition) is 0. The van der Waals surface area contributed by atoms with Crippen LogP contribution in [0.5, 0.6) is 0 Å². The SMILES string of the molecule is C=C(OCC)c1cnc(N(CC)c2ccccc2)nc1. The molecule has 20 heavy (non-hydrogen) atoms. The van der Waals surface area contributed by atoms with Crippen molar-refractivity contribution in [3.63, 3.8) is 0 Å². The Balaban J connectivity index is 2.22. The second-order valence-electron chi connectivity index (χ2n) is 4.21. The summed E-state index contributed by atoms with van der Waals surface area (Å²) in [5, 5.41) is 0. The van der Waals surface area contributed by atoms with Gasteiger partial charge in [-0.2, -0.15) is 0 Å². The molecule has 2 aromatic rings. The lowest BCUT2D eigenvalue weighted by Gasteiger charge is -2.20. The van der Waals surface area contributed by atoms with Crippen molar-refractivity contribution in [3.05, 3.63) is 54.9 Å². The molecule has 2 rings (SSSR count). The van der Waals surface area contributed by atoms with E-state index in [4.69, 9.17) is 4.74 Å². The third-order valence-electron chi connectivity index (χ3n) is 2.90. The highest BCUT2D eigenvalue weighted by atomic mass is 16.5. The molecule has 1 aromatic heterocycles. The number of benzene rings is 1. The summed E-state index contributed by atoms with van der Waals surface area (Å²) in [6, 6.07) is 10.1. The molecule has 4 nitrogen and oxygen atoms in total. The van der Waals surface area contributed by atoms with Crippen LogP contribution in [0.15, 0.2) is 49.3 Å². The van der Waals surface area contributed by atoms with E-state index in [0.29, 0.717) is 18.3 Å². The Hall–Kier alpha value is -2.36. The fraction of sp³-hybridized carbons (Fsp3) is 0.250. The molecule has 0 N–H and O–H groups in total. The lowest BCUT2D eigenvalue weighted by molar-refractivity contribution is 0.299. The molecule has 0 fully saturated rings. The number of aromatic nitrogens is 2. The third-order valence-corrected chi connectivity index (χ3v) is 2.90. The topological polar surface area (TPSA) is 38.2 Å². The van der Waals surface area contributed by atoms with Gasteiger partial charge in [-0.1, -0.05) is 24.8 Å². The lowest BCUT2D eigenvalue weighted by atomic mass is 10.3. The molecule has 0 saturated heterocycles. The van der Waals surface area contributed by atoms with Crippen LogP contribution < -0.4 is 4.90 Å². The number of nitrogens with zero attached hydrogens (tertiary/aromatic N) is 3. The van der Waals surface area contributed by atoms with Gasteiger partial charge in [0.05, 0.1) is 12.2 Å². The molecule has 104 valence electrons. The third kappa shape index (κ3) is 3.15. The summed E-state index contributed by atoms with van der Waals surface area (Å²) >= 11 is 0. The first-order valence-electron chi connectivity index (χ1n) is 6.73. The predicted octanol–water partition coefficient (Wildman–Crippen LogP) is 3.64. The van der Waals surface area contributed by atoms with Crippen molar-refractivity contribution < 1.29 is 4.74 Å². The number of ether oxygens (including phenoxy) is 1. The van der Waals surface area contributed by atoms with Crippen LogP contribution in [-0.2, 0) is 4.74 Å². The molecule has 0 aliphatic rings. The van der Waals surface area contributed by atoms with Crippen molar-refractivity contribution >= 4 is 17.4 Å². The van der Waals surface area contributed by atoms with Gasteiger partial charge in [-0.05, 0) is 26.0 Å². The van der Waals surface area contributed by atoms with E-state index in [9.17, 15) is 0 Å². The molecule has 0 spiro atoms. The van der Waals surface area contributed by atoms with Gasteiger partial charge >= 0.3 is 0 Å². The van der Waals surface area contributed by atoms with Crippen LogP contribution in [0.2, 0.25) is 0 Å². The summed E-state index contributed by atoms with van der Waals surface area (Å²) in [5.41, 5.74) is 1.88. The Morgan fingerprint density at radius 3 is 2.35 bits per heavy atom. The second-order valence-corrected chi connectivity index (χ2v) is 4.21. The molecule has 0 aliphatic carbocycles. The van der Waals surface area contributed by atoms with E-state index in [1.165, 1.54) is 0 Å². The van der Waals surface area contributed by atoms with Crippen molar-refractivity contribution in [1.82, 2.24) is 9.97 Å². The summed E-state index contributed by atoms with van der Waals surface area (Å²) in [7, 11) is 0. The Morgan fingerprint density at radius 1 is 1.15 bits per heavy atom. The maximum absolute atomic E-state index is 5.35. The maximum atomic E-state index is 5.35. The predicted molar refractivity (Wildman–Crippen MR) is 81.8 cm³/mol. The summed E-state index contributed by atoms with van der Waals surface area (Å²) in [6.45, 7) is 9.24. The van der Waals surface area contributed by atoms with Gasteiger partial charge in [0.2, 0.25) is 5.95 Å². The van der Waals surface area contributed by atoms with Crippen molar-refractivity contribution in [3.8, 4) is 0 Å². The molecule has 0 atom stereocenters. The van der Waals surface area contributed by atoms with Crippen LogP contribution in [-0.4, -0.2) is 23.1 Å². The number of para-hydroxylation sites is 1. The summed E-state index contributed by atoms with van der Waals surface area (Å²) in [4.78, 5) is 10.9. The molecule has 0 aliphatic heterocycles. The Kier molecular flexibility index (Phi) is 4.71. The van der Waals surface area contributed by atoms with E-state index in [-0.39, 0.29) is 0 Å². The van der Waals surface area contributed by atoms with Gasteiger partial charge in [0.25, 0.3) is 0 Å². The molecular formula is C16H19N3O. The highest BCUT2D eigenvalue weighted by Gasteiger charge is 2.10. The van der Waals surface area contributed by atoms with Crippen molar-refractivity contribution in [1.29, 1.82) is 0 Å². The summed E-state index contributed by atoms with van der Waals surface area (Å²) in [6.07, 6.45) is 3.48. The van der Waals surface area contributed by atoms with E-state index in [2.05, 4.69) is 23.5 Å². The number of rotatable bonds is 6. The van der Waals surface area contributed by atoms with Gasteiger partial charge in [-0.25, -0.2) is 9.97 Å². The molecule has 0 saturated carbocycles. The smallest absolute Gasteiger partial charge is 0.229 e. The van der Waals surface area contributed by atoms with Gasteiger partial charge in [0.1, 0.15) is 5.76 Å². The average molecular weight is 269 g/mol. The van der Waals surface area contributed by atoms with E-state index in [0.717, 1.165) is 17.8 Å². The minimum absolute atomic E-state index is 0.589. The molecule has 0 unspecified atom stereocenters. The Labute approximate surface area is 119 Å². The zero-order chi connectivity index (χ0) is 14.4. The first-order chi connectivity index (χ1) is 9.76. The van der Waals surface area contributed by atoms with E-state index >= 15 is 0 Å². The molecule has 0 bridgehead atoms. The number of hydrogen-bond acceptors (Lipinski definition) is 4. The van der Waals surface area contributed by atoms with Gasteiger partial charge < -0.3 is 9.64 Å². The van der Waals surface area contributed by atoms with Gasteiger partial charge in [0, 0.05) is 24.6 Å². The zero-order valence-electron chi connectivity index (χ0n) is 11.9. The van der Waals surface area contributed by atoms with E-state index in [1.54, 1.807) is 12.4 Å². The highest BCUT2D eigenvalue weighted by Crippen LogP contribution is 2.21.